The summed E-state index contributed by atoms with van der Waals surface area (Å²) in [5.74, 6) is -0.140. The normalized spacial score (nSPS) is 18.3. The maximum atomic E-state index is 13.4. The van der Waals surface area contributed by atoms with Gasteiger partial charge in [-0.2, -0.15) is 0 Å². The zero-order valence-electron chi connectivity index (χ0n) is 24.9. The van der Waals surface area contributed by atoms with Gasteiger partial charge in [-0.15, -0.1) is 0 Å². The molecule has 0 unspecified atom stereocenters. The van der Waals surface area contributed by atoms with Crippen molar-refractivity contribution in [2.45, 2.75) is 90.2 Å². The lowest BCUT2D eigenvalue weighted by atomic mass is 9.93. The first kappa shape index (κ1) is 29.8. The second-order valence-corrected chi connectivity index (χ2v) is 12.0. The van der Waals surface area contributed by atoms with Gasteiger partial charge in [0, 0.05) is 37.3 Å². The SMILES string of the molecule is C[C@H](c1ccccc1)N(Cc1ccccc1)[C@@H](CC(=O)OC(C)(C)C)C[C@H]1C=CCCN1[C@H](C)c1ccccc1. The van der Waals surface area contributed by atoms with Gasteiger partial charge in [0.1, 0.15) is 5.60 Å². The van der Waals surface area contributed by atoms with Crippen LogP contribution in [0.15, 0.2) is 103 Å². The molecule has 0 aromatic heterocycles. The molecule has 0 fully saturated rings. The molecular weight excluding hydrogens is 492 g/mol. The molecule has 0 bridgehead atoms. The Bertz CT molecular complexity index is 1200. The van der Waals surface area contributed by atoms with Gasteiger partial charge in [-0.05, 0) is 64.2 Å². The summed E-state index contributed by atoms with van der Waals surface area (Å²) in [7, 11) is 0. The van der Waals surface area contributed by atoms with Gasteiger partial charge < -0.3 is 4.74 Å². The topological polar surface area (TPSA) is 32.8 Å². The lowest BCUT2D eigenvalue weighted by Gasteiger charge is -2.43. The number of nitrogens with zero attached hydrogens (tertiary/aromatic N) is 2. The predicted molar refractivity (Wildman–Crippen MR) is 165 cm³/mol. The van der Waals surface area contributed by atoms with Crippen LogP contribution in [0.5, 0.6) is 0 Å². The van der Waals surface area contributed by atoms with E-state index in [1.54, 1.807) is 0 Å². The van der Waals surface area contributed by atoms with Gasteiger partial charge in [0.2, 0.25) is 0 Å². The van der Waals surface area contributed by atoms with E-state index < -0.39 is 5.60 Å². The van der Waals surface area contributed by atoms with Crippen molar-refractivity contribution in [2.24, 2.45) is 0 Å². The standard InChI is InChI=1S/C36H46N2O2/c1-28(31-19-11-7-12-20-31)37-24-16-15-23-33(37)25-34(26-35(39)40-36(3,4)5)38(27-30-17-9-6-10-18-30)29(2)32-21-13-8-14-22-32/h6-15,17-23,28-29,33-34H,16,24-27H2,1-5H3/t28-,29-,33-,34-/m1/s1. The lowest BCUT2D eigenvalue weighted by molar-refractivity contribution is -0.156. The zero-order chi connectivity index (χ0) is 28.5. The van der Waals surface area contributed by atoms with Gasteiger partial charge in [0.25, 0.3) is 0 Å². The number of hydrogen-bond acceptors (Lipinski definition) is 4. The minimum Gasteiger partial charge on any atom is -0.460 e. The monoisotopic (exact) mass is 538 g/mol. The summed E-state index contributed by atoms with van der Waals surface area (Å²) in [4.78, 5) is 18.5. The Balaban J connectivity index is 1.68. The van der Waals surface area contributed by atoms with E-state index in [1.165, 1.54) is 16.7 Å². The molecule has 4 nitrogen and oxygen atoms in total. The fourth-order valence-corrected chi connectivity index (χ4v) is 5.86. The maximum absolute atomic E-state index is 13.4. The molecule has 3 aromatic rings. The number of rotatable bonds is 11. The van der Waals surface area contributed by atoms with Crippen LogP contribution in [0.25, 0.3) is 0 Å². The molecule has 0 N–H and O–H groups in total. The average molecular weight is 539 g/mol. The number of ether oxygens (including phenoxy) is 1. The molecule has 0 amide bonds. The van der Waals surface area contributed by atoms with Gasteiger partial charge in [0.05, 0.1) is 6.42 Å². The first-order chi connectivity index (χ1) is 19.2. The number of carbonyl (C=O) groups is 1. The molecular formula is C36H46N2O2. The molecule has 0 spiro atoms. The smallest absolute Gasteiger partial charge is 0.307 e. The quantitative estimate of drug-likeness (QED) is 0.182. The molecule has 212 valence electrons. The highest BCUT2D eigenvalue weighted by atomic mass is 16.6. The summed E-state index contributed by atoms with van der Waals surface area (Å²) in [5.41, 5.74) is 3.30. The summed E-state index contributed by atoms with van der Waals surface area (Å²) < 4.78 is 5.89. The van der Waals surface area contributed by atoms with Crippen LogP contribution in [-0.4, -0.2) is 40.0 Å². The van der Waals surface area contributed by atoms with E-state index in [9.17, 15) is 4.79 Å². The summed E-state index contributed by atoms with van der Waals surface area (Å²) in [6.07, 6.45) is 6.90. The van der Waals surface area contributed by atoms with Gasteiger partial charge in [-0.1, -0.05) is 103 Å². The van der Waals surface area contributed by atoms with E-state index in [4.69, 9.17) is 4.74 Å². The maximum Gasteiger partial charge on any atom is 0.307 e. The third kappa shape index (κ3) is 8.39. The van der Waals surface area contributed by atoms with Crippen molar-refractivity contribution in [2.75, 3.05) is 6.54 Å². The largest absolute Gasteiger partial charge is 0.460 e. The van der Waals surface area contributed by atoms with Crippen LogP contribution in [0.2, 0.25) is 0 Å². The van der Waals surface area contributed by atoms with Crippen molar-refractivity contribution in [1.29, 1.82) is 0 Å². The van der Waals surface area contributed by atoms with Gasteiger partial charge in [0.15, 0.2) is 0 Å². The van der Waals surface area contributed by atoms with Gasteiger partial charge >= 0.3 is 5.97 Å². The van der Waals surface area contributed by atoms with Gasteiger partial charge in [-0.25, -0.2) is 0 Å². The highest BCUT2D eigenvalue weighted by molar-refractivity contribution is 5.70. The summed E-state index contributed by atoms with van der Waals surface area (Å²) in [6.45, 7) is 12.2. The summed E-state index contributed by atoms with van der Waals surface area (Å²) in [6, 6.07) is 32.6. The summed E-state index contributed by atoms with van der Waals surface area (Å²) >= 11 is 0. The Labute approximate surface area is 241 Å². The molecule has 0 saturated heterocycles. The number of hydrogen-bond donors (Lipinski definition) is 0. The summed E-state index contributed by atoms with van der Waals surface area (Å²) in [5, 5.41) is 0. The van der Waals surface area contributed by atoms with Crippen LogP contribution >= 0.6 is 0 Å². The van der Waals surface area contributed by atoms with Crippen molar-refractivity contribution in [1.82, 2.24) is 9.80 Å². The first-order valence-corrected chi connectivity index (χ1v) is 14.7. The molecule has 4 atom stereocenters. The van der Waals surface area contributed by atoms with E-state index >= 15 is 0 Å². The predicted octanol–water partition coefficient (Wildman–Crippen LogP) is 8.13. The van der Waals surface area contributed by atoms with Crippen molar-refractivity contribution >= 4 is 5.97 Å². The average Bonchev–Trinajstić information content (AvgIpc) is 2.95. The molecule has 1 aliphatic rings. The van der Waals surface area contributed by atoms with Crippen molar-refractivity contribution in [3.8, 4) is 0 Å². The minimum absolute atomic E-state index is 0.0107. The highest BCUT2D eigenvalue weighted by Gasteiger charge is 2.34. The molecule has 0 aliphatic carbocycles. The van der Waals surface area contributed by atoms with E-state index in [0.717, 1.165) is 25.9 Å². The van der Waals surface area contributed by atoms with Crippen LogP contribution in [0.4, 0.5) is 0 Å². The molecule has 1 aliphatic heterocycles. The molecule has 0 saturated carbocycles. The molecule has 4 heteroatoms. The van der Waals surface area contributed by atoms with Crippen LogP contribution in [0.3, 0.4) is 0 Å². The molecule has 1 heterocycles. The van der Waals surface area contributed by atoms with Crippen LogP contribution in [-0.2, 0) is 16.1 Å². The number of carbonyl (C=O) groups excluding carboxylic acids is 1. The van der Waals surface area contributed by atoms with E-state index in [0.29, 0.717) is 6.42 Å². The molecule has 40 heavy (non-hydrogen) atoms. The first-order valence-electron chi connectivity index (χ1n) is 14.7. The third-order valence-electron chi connectivity index (χ3n) is 7.91. The fraction of sp³-hybridized carbons (Fsp3) is 0.417. The second-order valence-electron chi connectivity index (χ2n) is 12.0. The second kappa shape index (κ2) is 13.9. The third-order valence-corrected chi connectivity index (χ3v) is 7.91. The lowest BCUT2D eigenvalue weighted by Crippen LogP contribution is -2.46. The number of esters is 1. The van der Waals surface area contributed by atoms with Gasteiger partial charge in [-0.3, -0.25) is 14.6 Å². The Hall–Kier alpha value is -3.21. The Morgan fingerprint density at radius 2 is 1.48 bits per heavy atom. The highest BCUT2D eigenvalue weighted by Crippen LogP contribution is 2.33. The molecule has 4 rings (SSSR count). The van der Waals surface area contributed by atoms with Crippen molar-refractivity contribution in [3.05, 3.63) is 120 Å². The Morgan fingerprint density at radius 3 is 2.08 bits per heavy atom. The number of benzene rings is 3. The van der Waals surface area contributed by atoms with E-state index in [2.05, 4.69) is 127 Å². The van der Waals surface area contributed by atoms with Crippen LogP contribution in [0.1, 0.15) is 82.7 Å². The molecule has 0 radical (unpaired) electrons. The fourth-order valence-electron chi connectivity index (χ4n) is 5.86. The Kier molecular flexibility index (Phi) is 10.4. The molecule has 3 aromatic carbocycles. The van der Waals surface area contributed by atoms with Crippen molar-refractivity contribution in [3.63, 3.8) is 0 Å². The minimum atomic E-state index is -0.518. The van der Waals surface area contributed by atoms with E-state index in [-0.39, 0.29) is 30.1 Å². The van der Waals surface area contributed by atoms with Crippen LogP contribution < -0.4 is 0 Å². The van der Waals surface area contributed by atoms with Crippen molar-refractivity contribution < 1.29 is 9.53 Å². The van der Waals surface area contributed by atoms with E-state index in [1.807, 2.05) is 20.8 Å². The van der Waals surface area contributed by atoms with Crippen LogP contribution in [0, 0.1) is 0 Å². The Morgan fingerprint density at radius 1 is 0.900 bits per heavy atom. The zero-order valence-corrected chi connectivity index (χ0v) is 24.9.